The van der Waals surface area contributed by atoms with Crippen LogP contribution in [0.2, 0.25) is 5.02 Å². The number of carbonyl (C=O) groups excluding carboxylic acids is 3. The summed E-state index contributed by atoms with van der Waals surface area (Å²) in [7, 11) is 1.47. The van der Waals surface area contributed by atoms with Crippen LogP contribution >= 0.6 is 34.7 Å². The molecule has 5 aliphatic heterocycles. The number of thiazole rings is 1. The van der Waals surface area contributed by atoms with Gasteiger partial charge in [0.2, 0.25) is 5.60 Å². The fraction of sp³-hybridized carbons (Fsp3) is 0.514. The van der Waals surface area contributed by atoms with Crippen molar-refractivity contribution in [3.63, 3.8) is 0 Å². The summed E-state index contributed by atoms with van der Waals surface area (Å²) < 4.78 is 0.772. The largest absolute Gasteiger partial charge is 0.504 e. The van der Waals surface area contributed by atoms with E-state index in [1.165, 1.54) is 50.2 Å². The lowest BCUT2D eigenvalue weighted by molar-refractivity contribution is -0.941. The summed E-state index contributed by atoms with van der Waals surface area (Å²) in [5.41, 5.74) is 5.48. The van der Waals surface area contributed by atoms with Gasteiger partial charge in [0, 0.05) is 60.0 Å². The summed E-state index contributed by atoms with van der Waals surface area (Å²) >= 11 is 8.56. The average molecular weight is 836 g/mol. The minimum Gasteiger partial charge on any atom is -0.504 e. The number of amides is 3. The Bertz CT molecular complexity index is 1990. The van der Waals surface area contributed by atoms with Crippen molar-refractivity contribution >= 4 is 74.9 Å². The molecule has 8 N–H and O–H groups in total. The lowest BCUT2D eigenvalue weighted by Gasteiger charge is -2.57. The summed E-state index contributed by atoms with van der Waals surface area (Å²) in [5, 5.41) is 49.4. The number of nitrogens with two attached hydrogens (primary N) is 1. The maximum absolute atomic E-state index is 13.7. The van der Waals surface area contributed by atoms with Crippen LogP contribution < -0.4 is 16.4 Å². The lowest BCUT2D eigenvalue weighted by atomic mass is 9.70. The van der Waals surface area contributed by atoms with Gasteiger partial charge in [-0.15, -0.1) is 23.1 Å². The number of β-lactam (4-membered cyclic amide) rings is 1. The number of aromatic hydroxyl groups is 2. The van der Waals surface area contributed by atoms with E-state index >= 15 is 0 Å². The van der Waals surface area contributed by atoms with Crippen LogP contribution in [-0.2, 0) is 28.9 Å². The number of thioether (sulfide) groups is 1. The number of nitrogens with one attached hydrogen (secondary N) is 2. The van der Waals surface area contributed by atoms with Gasteiger partial charge in [0.1, 0.15) is 36.0 Å². The van der Waals surface area contributed by atoms with Crippen LogP contribution in [0.4, 0.5) is 5.13 Å². The fourth-order valence-corrected chi connectivity index (χ4v) is 9.84. The normalized spacial score (nSPS) is 26.4. The zero-order valence-corrected chi connectivity index (χ0v) is 33.5. The Labute approximate surface area is 334 Å². The number of carboxylic acids is 1. The number of hydrogen-bond acceptors (Lipinski definition) is 15. The van der Waals surface area contributed by atoms with Gasteiger partial charge in [-0.1, -0.05) is 16.8 Å². The molecule has 18 nitrogen and oxygen atoms in total. The van der Waals surface area contributed by atoms with E-state index in [2.05, 4.69) is 30.7 Å². The first-order chi connectivity index (χ1) is 26.4. The number of phenols is 2. The number of fused-ring (bicyclic) bond motifs is 4. The predicted molar refractivity (Wildman–Crippen MR) is 207 cm³/mol. The quantitative estimate of drug-likeness (QED) is 0.0360. The molecule has 2 aromatic rings. The minimum absolute atomic E-state index is 0.0552. The Morgan fingerprint density at radius 3 is 2.41 bits per heavy atom. The number of carbonyl (C=O) groups is 4. The number of hydrogen-bond donors (Lipinski definition) is 7. The van der Waals surface area contributed by atoms with Crippen molar-refractivity contribution in [1.29, 1.82) is 0 Å². The SMILES string of the molecule is C/N=C(\C(=O)NCC12CC[N+](CC3=C(COO)N4C(=O)[C@@H](NC(=O)/C(=N\OC(C)(C)C(=O)O)c5csc(N)n5)[C@H]4S[C@H]3C)(CC1)CC2)c1cc(O)c(O)c(Cl)c1. The van der Waals surface area contributed by atoms with Gasteiger partial charge in [0.05, 0.1) is 30.4 Å². The summed E-state index contributed by atoms with van der Waals surface area (Å²) in [6.45, 7) is 7.89. The van der Waals surface area contributed by atoms with Gasteiger partial charge < -0.3 is 41.0 Å². The maximum Gasteiger partial charge on any atom is 0.350 e. The van der Waals surface area contributed by atoms with Crippen LogP contribution in [0.25, 0.3) is 0 Å². The Hall–Kier alpha value is -4.47. The van der Waals surface area contributed by atoms with Gasteiger partial charge in [-0.05, 0) is 32.9 Å². The number of rotatable bonds is 14. The molecule has 302 valence electrons. The Morgan fingerprint density at radius 1 is 1.16 bits per heavy atom. The molecule has 56 heavy (non-hydrogen) atoms. The summed E-state index contributed by atoms with van der Waals surface area (Å²) in [5.74, 6) is -3.87. The van der Waals surface area contributed by atoms with Gasteiger partial charge in [-0.25, -0.2) is 14.7 Å². The summed E-state index contributed by atoms with van der Waals surface area (Å²) in [6.07, 6.45) is 2.54. The number of anilines is 1. The first-order valence-corrected chi connectivity index (χ1v) is 19.9. The Morgan fingerprint density at radius 2 is 1.84 bits per heavy atom. The van der Waals surface area contributed by atoms with Crippen molar-refractivity contribution in [2.45, 2.75) is 62.3 Å². The first-order valence-electron chi connectivity index (χ1n) is 17.7. The third-order valence-electron chi connectivity index (χ3n) is 11.1. The number of halogens is 1. The monoisotopic (exact) mass is 835 g/mol. The molecule has 2 bridgehead atoms. The predicted octanol–water partition coefficient (Wildman–Crippen LogP) is 2.14. The number of quaternary nitrogens is 1. The van der Waals surface area contributed by atoms with Crippen LogP contribution in [0.15, 0.2) is 38.9 Å². The van der Waals surface area contributed by atoms with E-state index in [0.29, 0.717) is 18.8 Å². The van der Waals surface area contributed by atoms with E-state index in [9.17, 15) is 39.8 Å². The van der Waals surface area contributed by atoms with Crippen molar-refractivity contribution in [2.75, 3.05) is 52.1 Å². The smallest absolute Gasteiger partial charge is 0.350 e. The molecule has 7 rings (SSSR count). The number of benzene rings is 1. The Balaban J connectivity index is 1.12. The molecule has 3 amide bonds. The molecule has 5 aliphatic rings. The highest BCUT2D eigenvalue weighted by atomic mass is 35.5. The maximum atomic E-state index is 13.7. The highest BCUT2D eigenvalue weighted by Crippen LogP contribution is 2.48. The van der Waals surface area contributed by atoms with E-state index < -0.39 is 52.2 Å². The fourth-order valence-electron chi connectivity index (χ4n) is 7.59. The van der Waals surface area contributed by atoms with Gasteiger partial charge in [0.15, 0.2) is 22.3 Å². The molecular weight excluding hydrogens is 792 g/mol. The highest BCUT2D eigenvalue weighted by molar-refractivity contribution is 8.00. The van der Waals surface area contributed by atoms with Crippen LogP contribution in [-0.4, -0.2) is 139 Å². The number of aliphatic imine (C=N–C) groups is 1. The number of piperidine rings is 3. The zero-order valence-electron chi connectivity index (χ0n) is 31.1. The molecule has 4 saturated heterocycles. The molecule has 1 aromatic heterocycles. The molecule has 0 spiro atoms. The van der Waals surface area contributed by atoms with Gasteiger partial charge in [-0.2, -0.15) is 0 Å². The van der Waals surface area contributed by atoms with E-state index in [4.69, 9.17) is 22.2 Å². The second-order valence-corrected chi connectivity index (χ2v) is 17.8. The molecular formula is C35H44ClN8O10S2+. The van der Waals surface area contributed by atoms with Gasteiger partial charge in [-0.3, -0.25) is 29.5 Å². The summed E-state index contributed by atoms with van der Waals surface area (Å²) in [6, 6.07) is 1.65. The van der Waals surface area contributed by atoms with Gasteiger partial charge >= 0.3 is 5.97 Å². The molecule has 3 atom stereocenters. The second-order valence-electron chi connectivity index (χ2n) is 15.0. The molecule has 0 unspecified atom stereocenters. The standard InChI is InChI=1S/C35H43ClN8O10S2/c1-17-19(13-44-8-5-35(6-9-44,7-10-44)16-39-28(47)24(38-4)18-11-20(36)27(46)23(45)12-18)22(14-53-52)43-30(49)26(31(43)56-17)41-29(48)25(21-15-55-33(37)40-21)42-54-34(2,3)32(50)51/h11-12,15,17,26,31H,5-10,13-14,16H2,1-4H3,(H7-,37,39,40,41,45,46,47,48,50,51,52)/p+1/b38-24-,42-25-/t17-,26+,31+,35?,44?/m0/s1. The lowest BCUT2D eigenvalue weighted by Crippen LogP contribution is -2.72. The number of aliphatic carboxylic acids is 1. The van der Waals surface area contributed by atoms with E-state index in [1.54, 1.807) is 4.90 Å². The average Bonchev–Trinajstić information content (AvgIpc) is 3.59. The van der Waals surface area contributed by atoms with Crippen molar-refractivity contribution in [2.24, 2.45) is 15.6 Å². The third kappa shape index (κ3) is 7.90. The summed E-state index contributed by atoms with van der Waals surface area (Å²) in [4.78, 5) is 71.7. The second kappa shape index (κ2) is 15.8. The van der Waals surface area contributed by atoms with Crippen molar-refractivity contribution in [1.82, 2.24) is 20.5 Å². The van der Waals surface area contributed by atoms with E-state index in [0.717, 1.165) is 60.3 Å². The van der Waals surface area contributed by atoms with Crippen LogP contribution in [0.3, 0.4) is 0 Å². The van der Waals surface area contributed by atoms with Crippen molar-refractivity contribution in [3.05, 3.63) is 45.1 Å². The van der Waals surface area contributed by atoms with Crippen LogP contribution in [0.5, 0.6) is 11.5 Å². The number of aromatic nitrogens is 1. The van der Waals surface area contributed by atoms with Gasteiger partial charge in [0.25, 0.3) is 17.7 Å². The van der Waals surface area contributed by atoms with Crippen molar-refractivity contribution < 1.29 is 54.0 Å². The van der Waals surface area contributed by atoms with Crippen molar-refractivity contribution in [3.8, 4) is 11.5 Å². The highest BCUT2D eigenvalue weighted by Gasteiger charge is 2.56. The molecule has 1 aromatic carbocycles. The zero-order chi connectivity index (χ0) is 40.7. The number of oxime groups is 1. The number of phenolic OH excluding ortho intramolecular Hbond substituents is 2. The molecule has 4 fully saturated rings. The Kier molecular flexibility index (Phi) is 11.6. The van der Waals surface area contributed by atoms with E-state index in [1.807, 2.05) is 6.92 Å². The molecule has 21 heteroatoms. The first kappa shape index (κ1) is 41.2. The minimum atomic E-state index is -1.76. The molecule has 6 heterocycles. The number of carboxylic acid groups (broad SMARTS) is 1. The number of nitrogens with zero attached hydrogens (tertiary/aromatic N) is 5. The molecule has 0 saturated carbocycles. The van der Waals surface area contributed by atoms with Crippen LogP contribution in [0, 0.1) is 5.41 Å². The topological polar surface area (TPSA) is 259 Å². The molecule has 0 aliphatic carbocycles. The van der Waals surface area contributed by atoms with E-state index in [-0.39, 0.29) is 50.1 Å². The van der Waals surface area contributed by atoms with Crippen LogP contribution in [0.1, 0.15) is 51.3 Å². The number of nitrogen functional groups attached to an aromatic ring is 1. The molecule has 0 radical (unpaired) electrons. The third-order valence-corrected chi connectivity index (χ3v) is 13.5.